The number of carbonyl (C=O) groups is 1. The van der Waals surface area contributed by atoms with E-state index >= 15 is 0 Å². The number of carbonyl (C=O) groups excluding carboxylic acids is 1. The summed E-state index contributed by atoms with van der Waals surface area (Å²) in [6.45, 7) is -0.321. The van der Waals surface area contributed by atoms with E-state index in [1.54, 1.807) is 12.1 Å². The Kier molecular flexibility index (Phi) is 5.20. The first-order chi connectivity index (χ1) is 9.33. The van der Waals surface area contributed by atoms with Crippen molar-refractivity contribution in [3.05, 3.63) is 18.2 Å². The van der Waals surface area contributed by atoms with Crippen LogP contribution in [-0.4, -0.2) is 48.4 Å². The van der Waals surface area contributed by atoms with Gasteiger partial charge in [0, 0.05) is 13.1 Å². The number of anilines is 1. The van der Waals surface area contributed by atoms with Crippen molar-refractivity contribution in [2.75, 3.05) is 38.4 Å². The van der Waals surface area contributed by atoms with Crippen LogP contribution in [0.5, 0.6) is 11.5 Å². The number of ether oxygens (including phenoxy) is 2. The highest BCUT2D eigenvalue weighted by Gasteiger charge is 2.23. The van der Waals surface area contributed by atoms with Crippen LogP contribution in [0, 0.1) is 0 Å². The molecular formula is C12H18N2O5S. The van der Waals surface area contributed by atoms with Crippen LogP contribution in [0.2, 0.25) is 0 Å². The van der Waals surface area contributed by atoms with Crippen LogP contribution in [-0.2, 0) is 14.8 Å². The molecule has 1 N–H and O–H groups in total. The maximum Gasteiger partial charge on any atom is 0.240 e. The Morgan fingerprint density at radius 3 is 2.40 bits per heavy atom. The number of amides is 1. The minimum absolute atomic E-state index is 0.277. The fourth-order valence-corrected chi connectivity index (χ4v) is 2.44. The van der Waals surface area contributed by atoms with Crippen LogP contribution < -0.4 is 19.1 Å². The highest BCUT2D eigenvalue weighted by Crippen LogP contribution is 2.33. The van der Waals surface area contributed by atoms with Gasteiger partial charge in [0.2, 0.25) is 15.9 Å². The molecule has 0 saturated carbocycles. The molecule has 0 saturated heterocycles. The number of nitrogens with one attached hydrogen (secondary N) is 1. The second kappa shape index (κ2) is 6.47. The number of rotatable bonds is 6. The zero-order valence-corrected chi connectivity index (χ0v) is 12.7. The molecule has 0 spiro atoms. The minimum atomic E-state index is -3.62. The number of likely N-dealkylation sites (N-methyl/N-ethyl adjacent to an activating group) is 1. The molecule has 0 unspecified atom stereocenters. The lowest BCUT2D eigenvalue weighted by atomic mass is 10.2. The van der Waals surface area contributed by atoms with E-state index in [1.807, 2.05) is 0 Å². The smallest absolute Gasteiger partial charge is 0.240 e. The van der Waals surface area contributed by atoms with Gasteiger partial charge in [-0.15, -0.1) is 0 Å². The number of sulfonamides is 1. The summed E-state index contributed by atoms with van der Waals surface area (Å²) in [6.07, 6.45) is 1.03. The number of hydrogen-bond acceptors (Lipinski definition) is 5. The molecule has 1 aromatic carbocycles. The average Bonchev–Trinajstić information content (AvgIpc) is 2.42. The fourth-order valence-electron chi connectivity index (χ4n) is 1.58. The van der Waals surface area contributed by atoms with Gasteiger partial charge in [-0.3, -0.25) is 9.10 Å². The molecule has 0 bridgehead atoms. The highest BCUT2D eigenvalue weighted by molar-refractivity contribution is 7.92. The third-order valence-electron chi connectivity index (χ3n) is 2.62. The Morgan fingerprint density at radius 1 is 1.30 bits per heavy atom. The lowest BCUT2D eigenvalue weighted by molar-refractivity contribution is -0.119. The van der Waals surface area contributed by atoms with Gasteiger partial charge in [-0.25, -0.2) is 8.42 Å². The lowest BCUT2D eigenvalue weighted by Crippen LogP contribution is -2.39. The predicted molar refractivity (Wildman–Crippen MR) is 75.8 cm³/mol. The van der Waals surface area contributed by atoms with Gasteiger partial charge in [0.25, 0.3) is 0 Å². The first-order valence-corrected chi connectivity index (χ1v) is 7.58. The van der Waals surface area contributed by atoms with Gasteiger partial charge in [0.05, 0.1) is 26.2 Å². The van der Waals surface area contributed by atoms with Gasteiger partial charge in [0.1, 0.15) is 18.0 Å². The highest BCUT2D eigenvalue weighted by atomic mass is 32.2. The Balaban J connectivity index is 3.30. The molecule has 0 aliphatic heterocycles. The van der Waals surface area contributed by atoms with Crippen molar-refractivity contribution in [1.29, 1.82) is 0 Å². The summed E-state index contributed by atoms with van der Waals surface area (Å²) in [6, 6.07) is 4.68. The summed E-state index contributed by atoms with van der Waals surface area (Å²) in [4.78, 5) is 11.5. The van der Waals surface area contributed by atoms with Gasteiger partial charge in [-0.1, -0.05) is 0 Å². The van der Waals surface area contributed by atoms with E-state index in [4.69, 9.17) is 9.47 Å². The predicted octanol–water partition coefficient (Wildman–Crippen LogP) is 0.216. The molecule has 112 valence electrons. The zero-order chi connectivity index (χ0) is 15.3. The molecule has 1 rings (SSSR count). The Hall–Kier alpha value is -1.96. The van der Waals surface area contributed by atoms with E-state index in [9.17, 15) is 13.2 Å². The van der Waals surface area contributed by atoms with Crippen molar-refractivity contribution in [3.63, 3.8) is 0 Å². The summed E-state index contributed by atoms with van der Waals surface area (Å²) >= 11 is 0. The van der Waals surface area contributed by atoms with Crippen LogP contribution in [0.15, 0.2) is 18.2 Å². The molecular weight excluding hydrogens is 284 g/mol. The van der Waals surface area contributed by atoms with E-state index in [0.717, 1.165) is 10.6 Å². The summed E-state index contributed by atoms with van der Waals surface area (Å²) in [7, 11) is 0.724. The maximum atomic E-state index is 11.9. The second-order valence-electron chi connectivity index (χ2n) is 3.98. The van der Waals surface area contributed by atoms with Gasteiger partial charge in [-0.05, 0) is 12.1 Å². The summed E-state index contributed by atoms with van der Waals surface area (Å²) in [5, 5.41) is 2.39. The van der Waals surface area contributed by atoms with E-state index in [-0.39, 0.29) is 12.2 Å². The maximum absolute atomic E-state index is 11.9. The molecule has 1 aromatic rings. The van der Waals surface area contributed by atoms with Gasteiger partial charge in [-0.2, -0.15) is 0 Å². The van der Waals surface area contributed by atoms with E-state index < -0.39 is 15.9 Å². The molecule has 7 nitrogen and oxygen atoms in total. The average molecular weight is 302 g/mol. The first-order valence-electron chi connectivity index (χ1n) is 5.73. The number of nitrogens with zero attached hydrogens (tertiary/aromatic N) is 1. The molecule has 0 aliphatic rings. The van der Waals surface area contributed by atoms with Crippen molar-refractivity contribution in [2.24, 2.45) is 0 Å². The molecule has 0 aromatic heterocycles. The molecule has 0 aliphatic carbocycles. The standard InChI is InChI=1S/C12H18N2O5S/c1-13-12(15)8-14(20(4,16)17)10-6-5-9(18-2)7-11(10)19-3/h5-7H,8H2,1-4H3,(H,13,15). The van der Waals surface area contributed by atoms with Crippen LogP contribution >= 0.6 is 0 Å². The molecule has 20 heavy (non-hydrogen) atoms. The van der Waals surface area contributed by atoms with E-state index in [1.165, 1.54) is 27.3 Å². The second-order valence-corrected chi connectivity index (χ2v) is 5.89. The molecule has 0 radical (unpaired) electrons. The quantitative estimate of drug-likeness (QED) is 0.812. The topological polar surface area (TPSA) is 84.9 Å². The first kappa shape index (κ1) is 16.1. The van der Waals surface area contributed by atoms with E-state index in [0.29, 0.717) is 11.5 Å². The third-order valence-corrected chi connectivity index (χ3v) is 3.75. The summed E-state index contributed by atoms with van der Waals surface area (Å²) in [5.74, 6) is 0.408. The largest absolute Gasteiger partial charge is 0.497 e. The zero-order valence-electron chi connectivity index (χ0n) is 11.8. The monoisotopic (exact) mass is 302 g/mol. The van der Waals surface area contributed by atoms with Crippen molar-refractivity contribution in [2.45, 2.75) is 0 Å². The number of benzene rings is 1. The third kappa shape index (κ3) is 3.77. The summed E-state index contributed by atoms with van der Waals surface area (Å²) < 4.78 is 34.9. The molecule has 0 heterocycles. The number of hydrogen-bond donors (Lipinski definition) is 1. The van der Waals surface area contributed by atoms with Gasteiger partial charge in [0.15, 0.2) is 0 Å². The Morgan fingerprint density at radius 2 is 1.95 bits per heavy atom. The minimum Gasteiger partial charge on any atom is -0.497 e. The molecule has 1 amide bonds. The van der Waals surface area contributed by atoms with Crippen LogP contribution in [0.1, 0.15) is 0 Å². The number of methoxy groups -OCH3 is 2. The Bertz CT molecular complexity index is 586. The SMILES string of the molecule is CNC(=O)CN(c1ccc(OC)cc1OC)S(C)(=O)=O. The molecule has 0 fully saturated rings. The van der Waals surface area contributed by atoms with Crippen LogP contribution in [0.3, 0.4) is 0 Å². The molecule has 8 heteroatoms. The fraction of sp³-hybridized carbons (Fsp3) is 0.417. The Labute approximate surface area is 118 Å². The summed E-state index contributed by atoms with van der Waals surface area (Å²) in [5.41, 5.74) is 0.277. The van der Waals surface area contributed by atoms with Crippen molar-refractivity contribution >= 4 is 21.6 Å². The molecule has 0 atom stereocenters. The van der Waals surface area contributed by atoms with Gasteiger partial charge < -0.3 is 14.8 Å². The van der Waals surface area contributed by atoms with E-state index in [2.05, 4.69) is 5.32 Å². The normalized spacial score (nSPS) is 10.8. The van der Waals surface area contributed by atoms with Crippen molar-refractivity contribution in [3.8, 4) is 11.5 Å². The van der Waals surface area contributed by atoms with Crippen LogP contribution in [0.4, 0.5) is 5.69 Å². The van der Waals surface area contributed by atoms with Crippen molar-refractivity contribution in [1.82, 2.24) is 5.32 Å². The van der Waals surface area contributed by atoms with Gasteiger partial charge >= 0.3 is 0 Å². The van der Waals surface area contributed by atoms with Crippen molar-refractivity contribution < 1.29 is 22.7 Å². The lowest BCUT2D eigenvalue weighted by Gasteiger charge is -2.23. The van der Waals surface area contributed by atoms with Crippen LogP contribution in [0.25, 0.3) is 0 Å².